The monoisotopic (exact) mass is 371 g/mol. The number of likely N-dealkylation sites (tertiary alicyclic amines) is 1. The van der Waals surface area contributed by atoms with E-state index in [4.69, 9.17) is 0 Å². The predicted octanol–water partition coefficient (Wildman–Crippen LogP) is 3.44. The zero-order valence-electron chi connectivity index (χ0n) is 14.2. The van der Waals surface area contributed by atoms with E-state index in [9.17, 15) is 9.18 Å². The molecule has 1 fully saturated rings. The highest BCUT2D eigenvalue weighted by atomic mass is 32.1. The van der Waals surface area contributed by atoms with Crippen LogP contribution in [0.2, 0.25) is 0 Å². The number of thiophene rings is 1. The molecule has 4 heterocycles. The summed E-state index contributed by atoms with van der Waals surface area (Å²) in [5, 5.41) is 5.11. The Hall–Kier alpha value is -2.61. The summed E-state index contributed by atoms with van der Waals surface area (Å²) in [6.45, 7) is 2.53. The number of aromatic nitrogens is 3. The lowest BCUT2D eigenvalue weighted by molar-refractivity contribution is 0.0779. The molecule has 0 saturated carbocycles. The lowest BCUT2D eigenvalue weighted by Crippen LogP contribution is -2.30. The molecule has 134 valence electrons. The molecule has 3 aromatic rings. The van der Waals surface area contributed by atoms with Gasteiger partial charge in [-0.2, -0.15) is 0 Å². The Bertz CT molecular complexity index is 932. The van der Waals surface area contributed by atoms with Crippen LogP contribution in [0.5, 0.6) is 0 Å². The number of alkyl halides is 1. The van der Waals surface area contributed by atoms with Crippen molar-refractivity contribution in [2.45, 2.75) is 25.6 Å². The summed E-state index contributed by atoms with van der Waals surface area (Å²) in [4.78, 5) is 27.5. The molecule has 1 aliphatic heterocycles. The first-order valence-corrected chi connectivity index (χ1v) is 9.35. The Morgan fingerprint density at radius 2 is 2.31 bits per heavy atom. The molecule has 3 aromatic heterocycles. The van der Waals surface area contributed by atoms with Crippen LogP contribution in [0.25, 0.3) is 10.2 Å². The van der Waals surface area contributed by atoms with E-state index in [1.807, 2.05) is 30.5 Å². The van der Waals surface area contributed by atoms with E-state index in [0.29, 0.717) is 30.1 Å². The number of anilines is 1. The molecule has 1 amide bonds. The van der Waals surface area contributed by atoms with Crippen molar-refractivity contribution in [1.29, 1.82) is 0 Å². The molecule has 0 spiro atoms. The van der Waals surface area contributed by atoms with Crippen LogP contribution in [0.15, 0.2) is 36.0 Å². The molecule has 6 nitrogen and oxygen atoms in total. The molecule has 0 aliphatic carbocycles. The fourth-order valence-corrected chi connectivity index (χ4v) is 3.85. The molecule has 1 aliphatic rings. The number of carbonyl (C=O) groups excluding carboxylic acids is 1. The lowest BCUT2D eigenvalue weighted by Gasteiger charge is -2.17. The van der Waals surface area contributed by atoms with Gasteiger partial charge in [0.15, 0.2) is 5.69 Å². The fraction of sp³-hybridized carbons (Fsp3) is 0.333. The van der Waals surface area contributed by atoms with Crippen molar-refractivity contribution in [3.05, 3.63) is 47.2 Å². The largest absolute Gasteiger partial charge is 0.348 e. The minimum atomic E-state index is -0.956. The topological polar surface area (TPSA) is 71.0 Å². The minimum absolute atomic E-state index is 0.0650. The van der Waals surface area contributed by atoms with Gasteiger partial charge in [-0.3, -0.25) is 9.78 Å². The Kier molecular flexibility index (Phi) is 4.50. The van der Waals surface area contributed by atoms with Crippen LogP contribution in [0.4, 0.5) is 10.3 Å². The number of rotatable bonds is 4. The molecule has 1 N–H and O–H groups in total. The highest BCUT2D eigenvalue weighted by Crippen LogP contribution is 2.27. The zero-order valence-corrected chi connectivity index (χ0v) is 15.0. The van der Waals surface area contributed by atoms with Crippen LogP contribution in [-0.4, -0.2) is 45.0 Å². The summed E-state index contributed by atoms with van der Waals surface area (Å²) < 4.78 is 14.2. The zero-order chi connectivity index (χ0) is 18.1. The van der Waals surface area contributed by atoms with Crippen molar-refractivity contribution in [2.24, 2.45) is 0 Å². The van der Waals surface area contributed by atoms with E-state index in [1.54, 1.807) is 12.4 Å². The fourth-order valence-electron chi connectivity index (χ4n) is 3.03. The Balaban J connectivity index is 1.65. The molecule has 0 bridgehead atoms. The average molecular weight is 371 g/mol. The van der Waals surface area contributed by atoms with Gasteiger partial charge in [-0.25, -0.2) is 14.4 Å². The van der Waals surface area contributed by atoms with Crippen LogP contribution < -0.4 is 5.32 Å². The van der Waals surface area contributed by atoms with Crippen molar-refractivity contribution in [3.63, 3.8) is 0 Å². The molecule has 8 heteroatoms. The quantitative estimate of drug-likeness (QED) is 0.761. The van der Waals surface area contributed by atoms with Crippen molar-refractivity contribution < 1.29 is 9.18 Å². The number of hydrogen-bond donors (Lipinski definition) is 1. The van der Waals surface area contributed by atoms with Gasteiger partial charge >= 0.3 is 0 Å². The van der Waals surface area contributed by atoms with Gasteiger partial charge < -0.3 is 10.2 Å². The maximum absolute atomic E-state index is 13.5. The summed E-state index contributed by atoms with van der Waals surface area (Å²) in [5.74, 6) is 0.142. The van der Waals surface area contributed by atoms with Crippen molar-refractivity contribution >= 4 is 33.4 Å². The van der Waals surface area contributed by atoms with E-state index in [0.717, 1.165) is 10.3 Å². The lowest BCUT2D eigenvalue weighted by atomic mass is 10.1. The van der Waals surface area contributed by atoms with E-state index >= 15 is 0 Å². The van der Waals surface area contributed by atoms with Crippen molar-refractivity contribution in [3.8, 4) is 0 Å². The summed E-state index contributed by atoms with van der Waals surface area (Å²) >= 11 is 1.42. The average Bonchev–Trinajstić information content (AvgIpc) is 3.30. The normalized spacial score (nSPS) is 18.2. The highest BCUT2D eigenvalue weighted by molar-refractivity contribution is 7.17. The first kappa shape index (κ1) is 16.8. The number of halogens is 1. The van der Waals surface area contributed by atoms with Crippen molar-refractivity contribution in [2.75, 3.05) is 18.4 Å². The SMILES string of the molecule is C[C@H](Nc1nc(C(=O)N2CCC(F)C2)c2sccc2n1)c1cccnc1. The smallest absolute Gasteiger partial charge is 0.274 e. The predicted molar refractivity (Wildman–Crippen MR) is 99.1 cm³/mol. The molecule has 4 rings (SSSR count). The number of pyridine rings is 1. The maximum Gasteiger partial charge on any atom is 0.274 e. The number of carbonyl (C=O) groups is 1. The third-order valence-electron chi connectivity index (χ3n) is 4.45. The Morgan fingerprint density at radius 1 is 1.42 bits per heavy atom. The van der Waals surface area contributed by atoms with E-state index in [1.165, 1.54) is 16.2 Å². The van der Waals surface area contributed by atoms with Crippen LogP contribution in [0.1, 0.15) is 35.4 Å². The molecular weight excluding hydrogens is 353 g/mol. The van der Waals surface area contributed by atoms with Gasteiger partial charge in [-0.05, 0) is 36.4 Å². The third kappa shape index (κ3) is 3.24. The molecule has 1 unspecified atom stereocenters. The highest BCUT2D eigenvalue weighted by Gasteiger charge is 2.29. The number of hydrogen-bond acceptors (Lipinski definition) is 6. The standard InChI is InChI=1S/C18H18FN5OS/c1-11(12-3-2-6-20-9-12)21-18-22-14-5-8-26-16(14)15(23-18)17(25)24-7-4-13(19)10-24/h2-3,5-6,8-9,11,13H,4,7,10H2,1H3,(H,21,22,23)/t11-,13?/m0/s1. The second-order valence-corrected chi connectivity index (χ2v) is 7.24. The van der Waals surface area contributed by atoms with Gasteiger partial charge in [0.2, 0.25) is 5.95 Å². The maximum atomic E-state index is 13.5. The Morgan fingerprint density at radius 3 is 3.04 bits per heavy atom. The molecule has 0 radical (unpaired) electrons. The van der Waals surface area contributed by atoms with E-state index in [-0.39, 0.29) is 18.5 Å². The summed E-state index contributed by atoms with van der Waals surface area (Å²) in [6.07, 6.45) is 2.92. The second kappa shape index (κ2) is 6.95. The summed E-state index contributed by atoms with van der Waals surface area (Å²) in [6, 6.07) is 5.63. The molecule has 0 aromatic carbocycles. The first-order valence-electron chi connectivity index (χ1n) is 8.47. The van der Waals surface area contributed by atoms with Gasteiger partial charge in [0, 0.05) is 18.9 Å². The number of nitrogens with one attached hydrogen (secondary N) is 1. The van der Waals surface area contributed by atoms with E-state index < -0.39 is 6.17 Å². The van der Waals surface area contributed by atoms with Crippen LogP contribution in [0.3, 0.4) is 0 Å². The summed E-state index contributed by atoms with van der Waals surface area (Å²) in [5.41, 5.74) is 2.04. The van der Waals surface area contributed by atoms with Gasteiger partial charge in [0.05, 0.1) is 22.8 Å². The first-order chi connectivity index (χ1) is 12.6. The summed E-state index contributed by atoms with van der Waals surface area (Å²) in [7, 11) is 0. The molecular formula is C18H18FN5OS. The molecule has 1 saturated heterocycles. The second-order valence-electron chi connectivity index (χ2n) is 6.32. The number of fused-ring (bicyclic) bond motifs is 1. The van der Waals surface area contributed by atoms with E-state index in [2.05, 4.69) is 20.3 Å². The number of nitrogens with zero attached hydrogens (tertiary/aromatic N) is 4. The Labute approximate surface area is 154 Å². The van der Waals surface area contributed by atoms with Crippen LogP contribution in [0, 0.1) is 0 Å². The molecule has 2 atom stereocenters. The van der Waals surface area contributed by atoms with Gasteiger partial charge in [0.1, 0.15) is 6.17 Å². The van der Waals surface area contributed by atoms with Crippen molar-refractivity contribution in [1.82, 2.24) is 19.9 Å². The minimum Gasteiger partial charge on any atom is -0.348 e. The van der Waals surface area contributed by atoms with Crippen LogP contribution in [-0.2, 0) is 0 Å². The van der Waals surface area contributed by atoms with Gasteiger partial charge in [-0.15, -0.1) is 11.3 Å². The molecule has 26 heavy (non-hydrogen) atoms. The number of amides is 1. The van der Waals surface area contributed by atoms with Crippen LogP contribution >= 0.6 is 11.3 Å². The van der Waals surface area contributed by atoms with Gasteiger partial charge in [-0.1, -0.05) is 6.07 Å². The third-order valence-corrected chi connectivity index (χ3v) is 5.36. The van der Waals surface area contributed by atoms with Gasteiger partial charge in [0.25, 0.3) is 5.91 Å².